The molecule has 1 aromatic heterocycles. The van der Waals surface area contributed by atoms with Gasteiger partial charge >= 0.3 is 0 Å². The van der Waals surface area contributed by atoms with Crippen LogP contribution in [-0.4, -0.2) is 50.0 Å². The summed E-state index contributed by atoms with van der Waals surface area (Å²) in [4.78, 5) is 26.4. The highest BCUT2D eigenvalue weighted by Crippen LogP contribution is 2.32. The summed E-state index contributed by atoms with van der Waals surface area (Å²) in [5.74, 6) is -0.495. The Kier molecular flexibility index (Phi) is 6.06. The Labute approximate surface area is 214 Å². The van der Waals surface area contributed by atoms with E-state index in [0.717, 1.165) is 53.7 Å². The van der Waals surface area contributed by atoms with E-state index in [9.17, 15) is 14.3 Å². The number of aliphatic hydroxyl groups excluding tert-OH is 1. The van der Waals surface area contributed by atoms with Crippen molar-refractivity contribution < 1.29 is 14.3 Å². The molecule has 0 bridgehead atoms. The summed E-state index contributed by atoms with van der Waals surface area (Å²) in [7, 11) is 0. The van der Waals surface area contributed by atoms with Gasteiger partial charge in [-0.25, -0.2) is 14.4 Å². The highest BCUT2D eigenvalue weighted by Gasteiger charge is 2.27. The molecular formula is C29H28FN5O2. The minimum Gasteiger partial charge on any atom is -0.393 e. The number of piperidine rings is 1. The standard InChI is InChI=1S/C29H28FN5O2/c30-22-7-5-21(15-34-11-9-23(36)10-12-34)24(14-22)18-6-8-26-25(13-18)27(33-29(31)32-26)28(37)35-16-19-3-1-2-4-20(19)17-35/h1-8,13-14,23,36H,9-12,15-17H2,(H2,31,32,33). The minimum absolute atomic E-state index is 0.0408. The van der Waals surface area contributed by atoms with E-state index in [2.05, 4.69) is 14.9 Å². The number of nitrogens with zero attached hydrogens (tertiary/aromatic N) is 4. The van der Waals surface area contributed by atoms with Crippen molar-refractivity contribution in [1.29, 1.82) is 0 Å². The van der Waals surface area contributed by atoms with Crippen molar-refractivity contribution in [3.8, 4) is 11.1 Å². The monoisotopic (exact) mass is 497 g/mol. The molecule has 2 aliphatic heterocycles. The molecule has 6 rings (SSSR count). The quantitative estimate of drug-likeness (QED) is 0.440. The summed E-state index contributed by atoms with van der Waals surface area (Å²) in [6, 6.07) is 18.4. The minimum atomic E-state index is -0.326. The van der Waals surface area contributed by atoms with Gasteiger partial charge in [0, 0.05) is 38.1 Å². The van der Waals surface area contributed by atoms with Crippen molar-refractivity contribution in [2.45, 2.75) is 38.6 Å². The first-order valence-corrected chi connectivity index (χ1v) is 12.6. The molecule has 0 atom stereocenters. The van der Waals surface area contributed by atoms with Crippen molar-refractivity contribution in [2.24, 2.45) is 0 Å². The van der Waals surface area contributed by atoms with Gasteiger partial charge in [-0.3, -0.25) is 9.69 Å². The molecule has 3 heterocycles. The number of nitrogen functional groups attached to an aromatic ring is 1. The third-order valence-corrected chi connectivity index (χ3v) is 7.38. The maximum absolute atomic E-state index is 14.4. The van der Waals surface area contributed by atoms with E-state index in [4.69, 9.17) is 5.73 Å². The van der Waals surface area contributed by atoms with Crippen LogP contribution in [-0.2, 0) is 19.6 Å². The highest BCUT2D eigenvalue weighted by atomic mass is 19.1. The lowest BCUT2D eigenvalue weighted by Crippen LogP contribution is -2.35. The number of aromatic nitrogens is 2. The van der Waals surface area contributed by atoms with Crippen LogP contribution in [0.4, 0.5) is 10.3 Å². The van der Waals surface area contributed by atoms with E-state index in [-0.39, 0.29) is 29.5 Å². The average molecular weight is 498 g/mol. The van der Waals surface area contributed by atoms with E-state index >= 15 is 0 Å². The van der Waals surface area contributed by atoms with Crippen molar-refractivity contribution in [3.63, 3.8) is 0 Å². The molecule has 3 N–H and O–H groups in total. The van der Waals surface area contributed by atoms with Gasteiger partial charge < -0.3 is 15.7 Å². The summed E-state index contributed by atoms with van der Waals surface area (Å²) >= 11 is 0. The van der Waals surface area contributed by atoms with E-state index in [0.29, 0.717) is 30.5 Å². The van der Waals surface area contributed by atoms with Gasteiger partial charge in [-0.15, -0.1) is 0 Å². The third kappa shape index (κ3) is 4.65. The Bertz CT molecular complexity index is 1470. The fourth-order valence-corrected chi connectivity index (χ4v) is 5.38. The Balaban J connectivity index is 1.37. The molecule has 0 spiro atoms. The number of fused-ring (bicyclic) bond motifs is 2. The molecule has 0 radical (unpaired) electrons. The summed E-state index contributed by atoms with van der Waals surface area (Å²) in [6.45, 7) is 3.26. The number of hydrogen-bond acceptors (Lipinski definition) is 6. The smallest absolute Gasteiger partial charge is 0.273 e. The van der Waals surface area contributed by atoms with Gasteiger partial charge in [0.2, 0.25) is 5.95 Å². The summed E-state index contributed by atoms with van der Waals surface area (Å²) < 4.78 is 14.4. The molecule has 1 amide bonds. The zero-order valence-electron chi connectivity index (χ0n) is 20.4. The van der Waals surface area contributed by atoms with E-state index in [1.54, 1.807) is 4.90 Å². The molecular weight excluding hydrogens is 469 g/mol. The first kappa shape index (κ1) is 23.5. The molecule has 1 saturated heterocycles. The normalized spacial score (nSPS) is 16.3. The van der Waals surface area contributed by atoms with Crippen LogP contribution in [0.1, 0.15) is 40.0 Å². The lowest BCUT2D eigenvalue weighted by Gasteiger charge is -2.30. The summed E-state index contributed by atoms with van der Waals surface area (Å²) in [5.41, 5.74) is 11.6. The molecule has 8 heteroatoms. The zero-order valence-corrected chi connectivity index (χ0v) is 20.4. The second-order valence-electron chi connectivity index (χ2n) is 9.90. The van der Waals surface area contributed by atoms with Crippen molar-refractivity contribution in [3.05, 3.63) is 88.9 Å². The zero-order chi connectivity index (χ0) is 25.5. The van der Waals surface area contributed by atoms with Crippen LogP contribution in [0, 0.1) is 5.82 Å². The average Bonchev–Trinajstić information content (AvgIpc) is 3.34. The summed E-state index contributed by atoms with van der Waals surface area (Å²) in [5, 5.41) is 10.4. The molecule has 0 aliphatic carbocycles. The number of aliphatic hydroxyl groups is 1. The molecule has 37 heavy (non-hydrogen) atoms. The topological polar surface area (TPSA) is 95.6 Å². The SMILES string of the molecule is Nc1nc(C(=O)N2Cc3ccccc3C2)c2cc(-c3cc(F)ccc3CN3CCC(O)CC3)ccc2n1. The Hall–Kier alpha value is -3.88. The van der Waals surface area contributed by atoms with E-state index in [1.165, 1.54) is 12.1 Å². The number of carbonyl (C=O) groups is 1. The van der Waals surface area contributed by atoms with Gasteiger partial charge in [0.1, 0.15) is 11.5 Å². The number of halogens is 1. The maximum Gasteiger partial charge on any atom is 0.273 e. The summed E-state index contributed by atoms with van der Waals surface area (Å²) in [6.07, 6.45) is 1.21. The fraction of sp³-hybridized carbons (Fsp3) is 0.276. The molecule has 0 saturated carbocycles. The first-order valence-electron chi connectivity index (χ1n) is 12.6. The van der Waals surface area contributed by atoms with E-state index in [1.807, 2.05) is 48.5 Å². The number of amides is 1. The fourth-order valence-electron chi connectivity index (χ4n) is 5.38. The largest absolute Gasteiger partial charge is 0.393 e. The second-order valence-corrected chi connectivity index (χ2v) is 9.90. The van der Waals surface area contributed by atoms with Gasteiger partial charge in [0.25, 0.3) is 5.91 Å². The van der Waals surface area contributed by atoms with Crippen LogP contribution >= 0.6 is 0 Å². The lowest BCUT2D eigenvalue weighted by molar-refractivity contribution is 0.0747. The number of benzene rings is 3. The molecule has 1 fully saturated rings. The van der Waals surface area contributed by atoms with Crippen LogP contribution in [0.15, 0.2) is 60.7 Å². The molecule has 188 valence electrons. The van der Waals surface area contributed by atoms with Crippen LogP contribution in [0.3, 0.4) is 0 Å². The van der Waals surface area contributed by atoms with Crippen molar-refractivity contribution >= 4 is 22.8 Å². The molecule has 3 aromatic carbocycles. The second kappa shape index (κ2) is 9.53. The van der Waals surface area contributed by atoms with Crippen molar-refractivity contribution in [1.82, 2.24) is 19.8 Å². The molecule has 0 unspecified atom stereocenters. The van der Waals surface area contributed by atoms with Crippen LogP contribution < -0.4 is 5.73 Å². The number of carbonyl (C=O) groups excluding carboxylic acids is 1. The number of hydrogen-bond donors (Lipinski definition) is 2. The van der Waals surface area contributed by atoms with Gasteiger partial charge in [-0.05, 0) is 64.9 Å². The van der Waals surface area contributed by atoms with Crippen LogP contribution in [0.2, 0.25) is 0 Å². The molecule has 7 nitrogen and oxygen atoms in total. The Morgan fingerprint density at radius 2 is 1.73 bits per heavy atom. The maximum atomic E-state index is 14.4. The van der Waals surface area contributed by atoms with Crippen molar-refractivity contribution in [2.75, 3.05) is 18.8 Å². The van der Waals surface area contributed by atoms with Gasteiger partial charge in [-0.1, -0.05) is 36.4 Å². The molecule has 4 aromatic rings. The lowest BCUT2D eigenvalue weighted by atomic mass is 9.96. The number of anilines is 1. The van der Waals surface area contributed by atoms with Gasteiger partial charge in [0.05, 0.1) is 11.6 Å². The van der Waals surface area contributed by atoms with Gasteiger partial charge in [0.15, 0.2) is 0 Å². The predicted molar refractivity (Wildman–Crippen MR) is 140 cm³/mol. The van der Waals surface area contributed by atoms with Crippen LogP contribution in [0.25, 0.3) is 22.0 Å². The van der Waals surface area contributed by atoms with Crippen LogP contribution in [0.5, 0.6) is 0 Å². The van der Waals surface area contributed by atoms with Gasteiger partial charge in [-0.2, -0.15) is 0 Å². The molecule has 2 aliphatic rings. The number of likely N-dealkylation sites (tertiary alicyclic amines) is 1. The number of rotatable bonds is 4. The first-order chi connectivity index (χ1) is 17.9. The Morgan fingerprint density at radius 1 is 1.00 bits per heavy atom. The predicted octanol–water partition coefficient (Wildman–Crippen LogP) is 4.13. The number of nitrogens with two attached hydrogens (primary N) is 1. The Morgan fingerprint density at radius 3 is 2.46 bits per heavy atom. The third-order valence-electron chi connectivity index (χ3n) is 7.38. The highest BCUT2D eigenvalue weighted by molar-refractivity contribution is 6.06. The van der Waals surface area contributed by atoms with E-state index < -0.39 is 0 Å².